The number of hydrogen-bond acceptors (Lipinski definition) is 5. The summed E-state index contributed by atoms with van der Waals surface area (Å²) in [5.41, 5.74) is 1.05. The van der Waals surface area contributed by atoms with Crippen LogP contribution < -0.4 is 14.9 Å². The fourth-order valence-electron chi connectivity index (χ4n) is 3.61. The van der Waals surface area contributed by atoms with Gasteiger partial charge in [0.05, 0.1) is 5.92 Å². The summed E-state index contributed by atoms with van der Waals surface area (Å²) in [5.74, 6) is -1.43. The highest BCUT2D eigenvalue weighted by molar-refractivity contribution is 5.94. The standard InChI is InChI=1S/C19H18N2O6/c1-10-4-15(22)12(6-20-10)18(23)21-7-13(14(8-21)19(24)25)11-2-3-16-17(5-11)27-9-26-16/h2-6,13-14H,7-9H2,1H3,(H,20,22)(H,24,25)/t13-,14+/m1/s1. The van der Waals surface area contributed by atoms with Gasteiger partial charge in [-0.1, -0.05) is 6.07 Å². The highest BCUT2D eigenvalue weighted by Crippen LogP contribution is 2.39. The van der Waals surface area contributed by atoms with Gasteiger partial charge in [-0.25, -0.2) is 0 Å². The van der Waals surface area contributed by atoms with Crippen molar-refractivity contribution in [2.45, 2.75) is 12.8 Å². The lowest BCUT2D eigenvalue weighted by molar-refractivity contribution is -0.141. The van der Waals surface area contributed by atoms with E-state index in [4.69, 9.17) is 9.47 Å². The van der Waals surface area contributed by atoms with Crippen LogP contribution in [0.1, 0.15) is 27.5 Å². The minimum atomic E-state index is -0.981. The van der Waals surface area contributed by atoms with Crippen LogP contribution in [0.3, 0.4) is 0 Å². The normalized spacial score (nSPS) is 20.7. The van der Waals surface area contributed by atoms with Crippen LogP contribution in [-0.2, 0) is 4.79 Å². The lowest BCUT2D eigenvalue weighted by Crippen LogP contribution is -2.33. The number of aromatic nitrogens is 1. The third-order valence-corrected chi connectivity index (χ3v) is 5.04. The van der Waals surface area contributed by atoms with Gasteiger partial charge in [-0.3, -0.25) is 14.4 Å². The van der Waals surface area contributed by atoms with E-state index in [2.05, 4.69) is 4.98 Å². The highest BCUT2D eigenvalue weighted by atomic mass is 16.7. The second-order valence-electron chi connectivity index (χ2n) is 6.77. The van der Waals surface area contributed by atoms with Crippen LogP contribution in [-0.4, -0.2) is 46.7 Å². The molecule has 1 aromatic carbocycles. The number of carboxylic acids is 1. The van der Waals surface area contributed by atoms with Gasteiger partial charge in [0.2, 0.25) is 6.79 Å². The number of carboxylic acid groups (broad SMARTS) is 1. The molecule has 2 N–H and O–H groups in total. The molecule has 2 atom stereocenters. The number of aromatic amines is 1. The number of nitrogens with one attached hydrogen (secondary N) is 1. The molecule has 27 heavy (non-hydrogen) atoms. The number of carbonyl (C=O) groups excluding carboxylic acids is 1. The lowest BCUT2D eigenvalue weighted by Gasteiger charge is -2.16. The Bertz CT molecular complexity index is 982. The third kappa shape index (κ3) is 3.03. The molecule has 1 amide bonds. The Kier molecular flexibility index (Phi) is 4.10. The maximum atomic E-state index is 12.8. The largest absolute Gasteiger partial charge is 0.481 e. The second kappa shape index (κ2) is 6.46. The SMILES string of the molecule is Cc1cc(=O)c(C(=O)N2C[C@H](C(=O)O)[C@@H](c3ccc4c(c3)OCO4)C2)c[nH]1. The first-order valence-corrected chi connectivity index (χ1v) is 8.55. The summed E-state index contributed by atoms with van der Waals surface area (Å²) in [4.78, 5) is 41.0. The van der Waals surface area contributed by atoms with E-state index in [-0.39, 0.29) is 30.9 Å². The first-order chi connectivity index (χ1) is 12.9. The van der Waals surface area contributed by atoms with E-state index in [0.717, 1.165) is 5.56 Å². The summed E-state index contributed by atoms with van der Waals surface area (Å²) in [6.07, 6.45) is 1.38. The zero-order valence-electron chi connectivity index (χ0n) is 14.6. The van der Waals surface area contributed by atoms with Crippen LogP contribution in [0.15, 0.2) is 35.3 Å². The van der Waals surface area contributed by atoms with E-state index in [1.54, 1.807) is 25.1 Å². The maximum Gasteiger partial charge on any atom is 0.308 e. The molecule has 2 aliphatic heterocycles. The molecule has 0 bridgehead atoms. The van der Waals surface area contributed by atoms with Crippen LogP contribution in [0.2, 0.25) is 0 Å². The molecule has 4 rings (SSSR count). The molecule has 0 radical (unpaired) electrons. The van der Waals surface area contributed by atoms with Gasteiger partial charge in [-0.2, -0.15) is 0 Å². The zero-order chi connectivity index (χ0) is 19.1. The Labute approximate surface area is 154 Å². The number of rotatable bonds is 3. The van der Waals surface area contributed by atoms with Crippen molar-refractivity contribution in [1.29, 1.82) is 0 Å². The van der Waals surface area contributed by atoms with Crippen LogP contribution in [0, 0.1) is 12.8 Å². The smallest absolute Gasteiger partial charge is 0.308 e. The molecule has 0 spiro atoms. The van der Waals surface area contributed by atoms with Gasteiger partial charge in [0.1, 0.15) is 5.56 Å². The summed E-state index contributed by atoms with van der Waals surface area (Å²) >= 11 is 0. The number of amides is 1. The molecule has 0 aliphatic carbocycles. The highest BCUT2D eigenvalue weighted by Gasteiger charge is 2.41. The summed E-state index contributed by atoms with van der Waals surface area (Å²) in [6.45, 7) is 2.11. The average molecular weight is 370 g/mol. The predicted molar refractivity (Wildman–Crippen MR) is 94.1 cm³/mol. The first kappa shape index (κ1) is 17.1. The number of ether oxygens (including phenoxy) is 2. The molecule has 8 nitrogen and oxygen atoms in total. The number of hydrogen-bond donors (Lipinski definition) is 2. The predicted octanol–water partition coefficient (Wildman–Crippen LogP) is 1.35. The molecule has 3 heterocycles. The van der Waals surface area contributed by atoms with Crippen molar-refractivity contribution in [3.8, 4) is 11.5 Å². The van der Waals surface area contributed by atoms with Crippen LogP contribution in [0.4, 0.5) is 0 Å². The van der Waals surface area contributed by atoms with Crippen molar-refractivity contribution >= 4 is 11.9 Å². The summed E-state index contributed by atoms with van der Waals surface area (Å²) in [6, 6.07) is 6.65. The average Bonchev–Trinajstić information content (AvgIpc) is 3.27. The first-order valence-electron chi connectivity index (χ1n) is 8.55. The molecule has 2 aliphatic rings. The molecule has 1 saturated heterocycles. The van der Waals surface area contributed by atoms with Gasteiger partial charge in [0, 0.05) is 37.0 Å². The quantitative estimate of drug-likeness (QED) is 0.844. The number of benzene rings is 1. The van der Waals surface area contributed by atoms with E-state index in [9.17, 15) is 19.5 Å². The van der Waals surface area contributed by atoms with E-state index in [0.29, 0.717) is 17.2 Å². The monoisotopic (exact) mass is 370 g/mol. The number of likely N-dealkylation sites (tertiary alicyclic amines) is 1. The third-order valence-electron chi connectivity index (χ3n) is 5.04. The molecule has 0 saturated carbocycles. The Morgan fingerprint density at radius 3 is 2.70 bits per heavy atom. The number of aliphatic carboxylic acids is 1. The second-order valence-corrected chi connectivity index (χ2v) is 6.77. The molecule has 8 heteroatoms. The number of fused-ring (bicyclic) bond motifs is 1. The van der Waals surface area contributed by atoms with E-state index in [1.807, 2.05) is 0 Å². The fraction of sp³-hybridized carbons (Fsp3) is 0.316. The number of carbonyl (C=O) groups is 2. The molecule has 0 unspecified atom stereocenters. The Balaban J connectivity index is 1.63. The van der Waals surface area contributed by atoms with Crippen molar-refractivity contribution in [3.63, 3.8) is 0 Å². The number of aryl methyl sites for hydroxylation is 1. The topological polar surface area (TPSA) is 109 Å². The molecule has 1 aromatic heterocycles. The van der Waals surface area contributed by atoms with Crippen molar-refractivity contribution in [2.75, 3.05) is 19.9 Å². The minimum Gasteiger partial charge on any atom is -0.481 e. The maximum absolute atomic E-state index is 12.8. The van der Waals surface area contributed by atoms with Gasteiger partial charge in [-0.05, 0) is 24.6 Å². The van der Waals surface area contributed by atoms with Gasteiger partial charge in [0.25, 0.3) is 5.91 Å². The zero-order valence-corrected chi connectivity index (χ0v) is 14.6. The Morgan fingerprint density at radius 1 is 1.19 bits per heavy atom. The Morgan fingerprint density at radius 2 is 1.96 bits per heavy atom. The Hall–Kier alpha value is -3.29. The van der Waals surface area contributed by atoms with Crippen molar-refractivity contribution in [1.82, 2.24) is 9.88 Å². The molecule has 2 aromatic rings. The van der Waals surface area contributed by atoms with E-state index < -0.39 is 23.7 Å². The summed E-state index contributed by atoms with van der Waals surface area (Å²) in [5, 5.41) is 9.64. The molecular weight excluding hydrogens is 352 g/mol. The van der Waals surface area contributed by atoms with Gasteiger partial charge < -0.3 is 24.5 Å². The van der Waals surface area contributed by atoms with Crippen LogP contribution in [0.5, 0.6) is 11.5 Å². The molecule has 140 valence electrons. The van der Waals surface area contributed by atoms with Gasteiger partial charge in [-0.15, -0.1) is 0 Å². The van der Waals surface area contributed by atoms with Crippen molar-refractivity contribution < 1.29 is 24.2 Å². The molecule has 1 fully saturated rings. The van der Waals surface area contributed by atoms with Gasteiger partial charge >= 0.3 is 5.97 Å². The van der Waals surface area contributed by atoms with Crippen molar-refractivity contribution in [3.05, 3.63) is 57.5 Å². The molecular formula is C19H18N2O6. The van der Waals surface area contributed by atoms with E-state index >= 15 is 0 Å². The van der Waals surface area contributed by atoms with Gasteiger partial charge in [0.15, 0.2) is 16.9 Å². The van der Waals surface area contributed by atoms with E-state index in [1.165, 1.54) is 17.2 Å². The minimum absolute atomic E-state index is 0.0103. The van der Waals surface area contributed by atoms with Crippen LogP contribution in [0.25, 0.3) is 0 Å². The van der Waals surface area contributed by atoms with Crippen molar-refractivity contribution in [2.24, 2.45) is 5.92 Å². The summed E-state index contributed by atoms with van der Waals surface area (Å²) < 4.78 is 10.7. The lowest BCUT2D eigenvalue weighted by atomic mass is 9.89. The van der Waals surface area contributed by atoms with Crippen LogP contribution >= 0.6 is 0 Å². The summed E-state index contributed by atoms with van der Waals surface area (Å²) in [7, 11) is 0. The fourth-order valence-corrected chi connectivity index (χ4v) is 3.61. The number of H-pyrrole nitrogens is 1. The number of pyridine rings is 1. The number of nitrogens with zero attached hydrogens (tertiary/aromatic N) is 1.